The minimum absolute atomic E-state index is 0.0134. The van der Waals surface area contributed by atoms with Crippen molar-refractivity contribution in [2.45, 2.75) is 18.9 Å². The van der Waals surface area contributed by atoms with Crippen LogP contribution in [0.3, 0.4) is 0 Å². The fraction of sp³-hybridized carbons (Fsp3) is 0.500. The highest BCUT2D eigenvalue weighted by molar-refractivity contribution is 7.91. The Hall–Kier alpha value is -1.41. The predicted octanol–water partition coefficient (Wildman–Crippen LogP) is 0.391. The van der Waals surface area contributed by atoms with Crippen molar-refractivity contribution < 1.29 is 23.1 Å². The van der Waals surface area contributed by atoms with Gasteiger partial charge in [-0.25, -0.2) is 8.42 Å². The Morgan fingerprint density at radius 2 is 2.20 bits per heavy atom. The average molecular weight is 317 g/mol. The van der Waals surface area contributed by atoms with Crippen LogP contribution in [-0.4, -0.2) is 54.4 Å². The standard InChI is InChI=1S/C12H15NO5S2/c14-11(5-9-1-3-19-7-9)13(6-12(15)16)10-2-4-20(17,18)8-10/h1,3,7,10H,2,4-6,8H2,(H,15,16). The molecule has 0 spiro atoms. The zero-order valence-corrected chi connectivity index (χ0v) is 12.3. The van der Waals surface area contributed by atoms with Crippen LogP contribution in [0.1, 0.15) is 12.0 Å². The number of rotatable bonds is 5. The molecular formula is C12H15NO5S2. The van der Waals surface area contributed by atoms with Crippen molar-refractivity contribution in [2.24, 2.45) is 0 Å². The lowest BCUT2D eigenvalue weighted by Crippen LogP contribution is -2.44. The van der Waals surface area contributed by atoms with Gasteiger partial charge in [0.05, 0.1) is 17.9 Å². The van der Waals surface area contributed by atoms with Crippen molar-refractivity contribution in [1.29, 1.82) is 0 Å². The van der Waals surface area contributed by atoms with Gasteiger partial charge in [0.15, 0.2) is 9.84 Å². The highest BCUT2D eigenvalue weighted by Gasteiger charge is 2.35. The maximum atomic E-state index is 12.2. The summed E-state index contributed by atoms with van der Waals surface area (Å²) in [4.78, 5) is 24.3. The molecule has 0 bridgehead atoms. The van der Waals surface area contributed by atoms with Gasteiger partial charge in [-0.3, -0.25) is 9.59 Å². The smallest absolute Gasteiger partial charge is 0.323 e. The van der Waals surface area contributed by atoms with Crippen LogP contribution in [0, 0.1) is 0 Å². The van der Waals surface area contributed by atoms with Gasteiger partial charge in [-0.2, -0.15) is 11.3 Å². The van der Waals surface area contributed by atoms with Crippen LogP contribution >= 0.6 is 11.3 Å². The summed E-state index contributed by atoms with van der Waals surface area (Å²) in [6, 6.07) is 1.27. The Morgan fingerprint density at radius 1 is 1.45 bits per heavy atom. The molecule has 0 aromatic carbocycles. The minimum atomic E-state index is -3.16. The quantitative estimate of drug-likeness (QED) is 0.848. The molecule has 20 heavy (non-hydrogen) atoms. The van der Waals surface area contributed by atoms with Gasteiger partial charge in [-0.05, 0) is 28.8 Å². The molecule has 110 valence electrons. The van der Waals surface area contributed by atoms with Crippen molar-refractivity contribution in [2.75, 3.05) is 18.1 Å². The molecule has 2 rings (SSSR count). The molecule has 1 amide bonds. The first kappa shape index (κ1) is 15.0. The largest absolute Gasteiger partial charge is 0.480 e. The van der Waals surface area contributed by atoms with Gasteiger partial charge in [0.1, 0.15) is 6.54 Å². The number of thiophene rings is 1. The first-order valence-corrected chi connectivity index (χ1v) is 8.86. The summed E-state index contributed by atoms with van der Waals surface area (Å²) in [6.45, 7) is -0.455. The van der Waals surface area contributed by atoms with E-state index in [1.807, 2.05) is 10.8 Å². The van der Waals surface area contributed by atoms with E-state index in [9.17, 15) is 18.0 Å². The number of aliphatic carboxylic acids is 1. The van der Waals surface area contributed by atoms with Crippen molar-refractivity contribution in [3.63, 3.8) is 0 Å². The lowest BCUT2D eigenvalue weighted by Gasteiger charge is -2.26. The maximum absolute atomic E-state index is 12.2. The molecule has 0 saturated carbocycles. The van der Waals surface area contributed by atoms with Crippen molar-refractivity contribution in [3.05, 3.63) is 22.4 Å². The zero-order valence-electron chi connectivity index (χ0n) is 10.7. The van der Waals surface area contributed by atoms with E-state index >= 15 is 0 Å². The average Bonchev–Trinajstić information content (AvgIpc) is 2.95. The normalized spacial score (nSPS) is 20.7. The van der Waals surface area contributed by atoms with E-state index in [-0.39, 0.29) is 23.8 Å². The Kier molecular flexibility index (Phi) is 4.44. The molecule has 1 N–H and O–H groups in total. The van der Waals surface area contributed by atoms with Crippen LogP contribution in [-0.2, 0) is 25.8 Å². The monoisotopic (exact) mass is 317 g/mol. The molecule has 1 aliphatic heterocycles. The number of carbonyl (C=O) groups is 2. The third-order valence-corrected chi connectivity index (χ3v) is 5.69. The Labute approximate surface area is 120 Å². The van der Waals surface area contributed by atoms with Crippen molar-refractivity contribution >= 4 is 33.1 Å². The van der Waals surface area contributed by atoms with Gasteiger partial charge < -0.3 is 10.0 Å². The number of nitrogens with zero attached hydrogens (tertiary/aromatic N) is 1. The maximum Gasteiger partial charge on any atom is 0.323 e. The molecule has 1 saturated heterocycles. The van der Waals surface area contributed by atoms with Crippen LogP contribution < -0.4 is 0 Å². The molecular weight excluding hydrogens is 302 g/mol. The lowest BCUT2D eigenvalue weighted by atomic mass is 10.1. The lowest BCUT2D eigenvalue weighted by molar-refractivity contribution is -0.145. The number of carbonyl (C=O) groups excluding carboxylic acids is 1. The topological polar surface area (TPSA) is 91.8 Å². The third kappa shape index (κ3) is 3.80. The molecule has 1 atom stereocenters. The highest BCUT2D eigenvalue weighted by atomic mass is 32.2. The molecule has 1 fully saturated rings. The van der Waals surface area contributed by atoms with E-state index in [1.54, 1.807) is 6.07 Å². The molecule has 0 aliphatic carbocycles. The second-order valence-electron chi connectivity index (χ2n) is 4.78. The number of amides is 1. The molecule has 1 aliphatic rings. The number of carboxylic acid groups (broad SMARTS) is 1. The fourth-order valence-corrected chi connectivity index (χ4v) is 4.66. The van der Waals surface area contributed by atoms with Crippen LogP contribution in [0.5, 0.6) is 0 Å². The Balaban J connectivity index is 2.11. The van der Waals surface area contributed by atoms with E-state index < -0.39 is 28.4 Å². The predicted molar refractivity (Wildman–Crippen MR) is 74.4 cm³/mol. The van der Waals surface area contributed by atoms with E-state index in [1.165, 1.54) is 16.2 Å². The summed E-state index contributed by atoms with van der Waals surface area (Å²) in [5.41, 5.74) is 0.816. The van der Waals surface area contributed by atoms with E-state index in [0.717, 1.165) is 5.56 Å². The van der Waals surface area contributed by atoms with Gasteiger partial charge in [0.25, 0.3) is 0 Å². The summed E-state index contributed by atoms with van der Waals surface area (Å²) < 4.78 is 23.0. The molecule has 0 radical (unpaired) electrons. The second-order valence-corrected chi connectivity index (χ2v) is 7.79. The van der Waals surface area contributed by atoms with Crippen LogP contribution in [0.4, 0.5) is 0 Å². The molecule has 1 aromatic rings. The summed E-state index contributed by atoms with van der Waals surface area (Å²) >= 11 is 1.46. The third-order valence-electron chi connectivity index (χ3n) is 3.21. The Morgan fingerprint density at radius 3 is 2.70 bits per heavy atom. The molecule has 1 aromatic heterocycles. The van der Waals surface area contributed by atoms with Crippen LogP contribution in [0.2, 0.25) is 0 Å². The number of carboxylic acids is 1. The van der Waals surface area contributed by atoms with E-state index in [0.29, 0.717) is 6.42 Å². The van der Waals surface area contributed by atoms with Crippen LogP contribution in [0.25, 0.3) is 0 Å². The minimum Gasteiger partial charge on any atom is -0.480 e. The summed E-state index contributed by atoms with van der Waals surface area (Å²) in [5, 5.41) is 12.6. The van der Waals surface area contributed by atoms with E-state index in [4.69, 9.17) is 5.11 Å². The highest BCUT2D eigenvalue weighted by Crippen LogP contribution is 2.19. The molecule has 2 heterocycles. The van der Waals surface area contributed by atoms with Crippen LogP contribution in [0.15, 0.2) is 16.8 Å². The molecule has 6 nitrogen and oxygen atoms in total. The summed E-state index contributed by atoms with van der Waals surface area (Å²) in [6.07, 6.45) is 0.415. The molecule has 8 heteroatoms. The SMILES string of the molecule is O=C(O)CN(C(=O)Cc1ccsc1)C1CCS(=O)(=O)C1. The van der Waals surface area contributed by atoms with Gasteiger partial charge in [0.2, 0.25) is 5.91 Å². The zero-order chi connectivity index (χ0) is 14.8. The van der Waals surface area contributed by atoms with Crippen molar-refractivity contribution in [1.82, 2.24) is 4.90 Å². The van der Waals surface area contributed by atoms with Gasteiger partial charge in [-0.1, -0.05) is 0 Å². The van der Waals surface area contributed by atoms with E-state index in [2.05, 4.69) is 0 Å². The van der Waals surface area contributed by atoms with Gasteiger partial charge >= 0.3 is 5.97 Å². The molecule has 1 unspecified atom stereocenters. The summed E-state index contributed by atoms with van der Waals surface area (Å²) in [7, 11) is -3.16. The number of hydrogen-bond acceptors (Lipinski definition) is 5. The first-order chi connectivity index (χ1) is 9.37. The van der Waals surface area contributed by atoms with Crippen molar-refractivity contribution in [3.8, 4) is 0 Å². The first-order valence-electron chi connectivity index (χ1n) is 6.10. The van der Waals surface area contributed by atoms with Gasteiger partial charge in [-0.15, -0.1) is 0 Å². The summed E-state index contributed by atoms with van der Waals surface area (Å²) in [5.74, 6) is -1.60. The fourth-order valence-electron chi connectivity index (χ4n) is 2.26. The number of hydrogen-bond donors (Lipinski definition) is 1. The Bertz CT molecular complexity index is 593. The number of sulfone groups is 1. The van der Waals surface area contributed by atoms with Gasteiger partial charge in [0, 0.05) is 6.04 Å². The second kappa shape index (κ2) is 5.92.